The van der Waals surface area contributed by atoms with Gasteiger partial charge in [-0.05, 0) is 31.2 Å². The number of carbonyl (C=O) groups excluding carboxylic acids is 1. The number of hydrogen-bond donors (Lipinski definition) is 1. The summed E-state index contributed by atoms with van der Waals surface area (Å²) in [7, 11) is 0. The number of carbonyl (C=O) groups is 1. The zero-order chi connectivity index (χ0) is 14.4. The maximum absolute atomic E-state index is 12.0. The molecule has 0 spiro atoms. The van der Waals surface area contributed by atoms with Crippen molar-refractivity contribution in [2.45, 2.75) is 23.8 Å². The van der Waals surface area contributed by atoms with Crippen LogP contribution in [0.1, 0.15) is 12.8 Å². The van der Waals surface area contributed by atoms with Crippen LogP contribution in [0.25, 0.3) is 10.2 Å². The highest BCUT2D eigenvalue weighted by Crippen LogP contribution is 2.36. The van der Waals surface area contributed by atoms with Crippen molar-refractivity contribution in [3.05, 3.63) is 18.2 Å². The Morgan fingerprint density at radius 2 is 2.24 bits per heavy atom. The lowest BCUT2D eigenvalue weighted by atomic mass is 10.0. The third-order valence-electron chi connectivity index (χ3n) is 4.04. The molecular formula is C15H17N3OS2. The van der Waals surface area contributed by atoms with E-state index in [0.29, 0.717) is 6.04 Å². The first-order valence-electron chi connectivity index (χ1n) is 7.23. The minimum Gasteiger partial charge on any atom is -0.353 e. The fourth-order valence-electron chi connectivity index (χ4n) is 2.56. The van der Waals surface area contributed by atoms with Gasteiger partial charge in [-0.3, -0.25) is 4.79 Å². The maximum Gasteiger partial charge on any atom is 0.226 e. The van der Waals surface area contributed by atoms with E-state index in [4.69, 9.17) is 4.98 Å². The first-order chi connectivity index (χ1) is 10.2. The molecule has 2 aliphatic rings. The van der Waals surface area contributed by atoms with E-state index in [9.17, 15) is 4.79 Å². The van der Waals surface area contributed by atoms with Crippen LogP contribution in [0.15, 0.2) is 23.1 Å². The van der Waals surface area contributed by atoms with Gasteiger partial charge in [-0.15, -0.1) is 11.8 Å². The average molecular weight is 319 g/mol. The predicted molar refractivity (Wildman–Crippen MR) is 88.3 cm³/mol. The van der Waals surface area contributed by atoms with Gasteiger partial charge in [0.05, 0.1) is 16.1 Å². The predicted octanol–water partition coefficient (Wildman–Crippen LogP) is 2.73. The highest BCUT2D eigenvalue weighted by atomic mass is 32.2. The second-order valence-corrected chi connectivity index (χ2v) is 7.55. The molecule has 4 nitrogen and oxygen atoms in total. The van der Waals surface area contributed by atoms with E-state index in [1.807, 2.05) is 0 Å². The quantitative estimate of drug-likeness (QED) is 0.880. The standard InChI is InChI=1S/C15H17N3OS2/c1-20-11-3-2-4-12-13(11)17-15(21-12)18-7-9(8-18)14(19)16-10-5-6-10/h2-4,9-10H,5-8H2,1H3,(H,16,19). The smallest absolute Gasteiger partial charge is 0.226 e. The van der Waals surface area contributed by atoms with E-state index in [1.54, 1.807) is 23.1 Å². The maximum atomic E-state index is 12.0. The topological polar surface area (TPSA) is 45.2 Å². The summed E-state index contributed by atoms with van der Waals surface area (Å²) in [4.78, 5) is 20.2. The van der Waals surface area contributed by atoms with Gasteiger partial charge in [0.2, 0.25) is 5.91 Å². The van der Waals surface area contributed by atoms with E-state index < -0.39 is 0 Å². The van der Waals surface area contributed by atoms with Crippen molar-refractivity contribution in [1.82, 2.24) is 10.3 Å². The molecule has 1 aromatic carbocycles. The lowest BCUT2D eigenvalue weighted by molar-refractivity contribution is -0.125. The van der Waals surface area contributed by atoms with E-state index in [1.165, 1.54) is 9.60 Å². The van der Waals surface area contributed by atoms with Crippen LogP contribution in [0.3, 0.4) is 0 Å². The Hall–Kier alpha value is -1.27. The first kappa shape index (κ1) is 13.4. The number of anilines is 1. The zero-order valence-corrected chi connectivity index (χ0v) is 13.5. The molecule has 0 unspecified atom stereocenters. The summed E-state index contributed by atoms with van der Waals surface area (Å²) >= 11 is 3.45. The summed E-state index contributed by atoms with van der Waals surface area (Å²) in [5, 5.41) is 4.13. The number of nitrogens with one attached hydrogen (secondary N) is 1. The number of fused-ring (bicyclic) bond motifs is 1. The van der Waals surface area contributed by atoms with Crippen LogP contribution < -0.4 is 10.2 Å². The lowest BCUT2D eigenvalue weighted by Crippen LogP contribution is -2.54. The van der Waals surface area contributed by atoms with Gasteiger partial charge in [0.25, 0.3) is 0 Å². The first-order valence-corrected chi connectivity index (χ1v) is 9.27. The SMILES string of the molecule is CSc1cccc2sc(N3CC(C(=O)NC4CC4)C3)nc12. The van der Waals surface area contributed by atoms with Gasteiger partial charge >= 0.3 is 0 Å². The second kappa shape index (κ2) is 5.18. The van der Waals surface area contributed by atoms with Gasteiger partial charge in [0.1, 0.15) is 0 Å². The molecule has 1 amide bonds. The number of amides is 1. The van der Waals surface area contributed by atoms with Gasteiger partial charge in [-0.1, -0.05) is 17.4 Å². The Bertz CT molecular complexity index is 689. The number of hydrogen-bond acceptors (Lipinski definition) is 5. The zero-order valence-electron chi connectivity index (χ0n) is 11.8. The molecule has 2 fully saturated rings. The van der Waals surface area contributed by atoms with Crippen LogP contribution in [-0.2, 0) is 4.79 Å². The Kier molecular flexibility index (Phi) is 3.30. The Labute approximate surface area is 131 Å². The highest BCUT2D eigenvalue weighted by molar-refractivity contribution is 7.98. The van der Waals surface area contributed by atoms with Crippen LogP contribution >= 0.6 is 23.1 Å². The van der Waals surface area contributed by atoms with E-state index >= 15 is 0 Å². The molecule has 0 bridgehead atoms. The molecule has 2 aromatic rings. The largest absolute Gasteiger partial charge is 0.353 e. The molecule has 0 atom stereocenters. The van der Waals surface area contributed by atoms with Crippen molar-refractivity contribution < 1.29 is 4.79 Å². The van der Waals surface area contributed by atoms with E-state index in [-0.39, 0.29) is 11.8 Å². The number of nitrogens with zero attached hydrogens (tertiary/aromatic N) is 2. The molecule has 1 N–H and O–H groups in total. The number of aromatic nitrogens is 1. The van der Waals surface area contributed by atoms with Crippen LogP contribution in [0, 0.1) is 5.92 Å². The lowest BCUT2D eigenvalue weighted by Gasteiger charge is -2.38. The minimum atomic E-state index is 0.137. The van der Waals surface area contributed by atoms with Gasteiger partial charge in [-0.2, -0.15) is 0 Å². The fraction of sp³-hybridized carbons (Fsp3) is 0.467. The Morgan fingerprint density at radius 3 is 2.95 bits per heavy atom. The van der Waals surface area contributed by atoms with E-state index in [2.05, 4.69) is 34.7 Å². The van der Waals surface area contributed by atoms with Crippen molar-refractivity contribution >= 4 is 44.4 Å². The molecule has 1 saturated carbocycles. The van der Waals surface area contributed by atoms with Crippen LogP contribution in [0.5, 0.6) is 0 Å². The second-order valence-electron chi connectivity index (χ2n) is 5.69. The van der Waals surface area contributed by atoms with E-state index in [0.717, 1.165) is 36.6 Å². The summed E-state index contributed by atoms with van der Waals surface area (Å²) in [5.41, 5.74) is 1.09. The normalized spacial score (nSPS) is 18.8. The van der Waals surface area contributed by atoms with Crippen LogP contribution in [0.4, 0.5) is 5.13 Å². The summed E-state index contributed by atoms with van der Waals surface area (Å²) in [6, 6.07) is 6.77. The average Bonchev–Trinajstić information content (AvgIpc) is 3.13. The van der Waals surface area contributed by atoms with Crippen molar-refractivity contribution in [3.63, 3.8) is 0 Å². The molecule has 1 saturated heterocycles. The van der Waals surface area contributed by atoms with Crippen molar-refractivity contribution in [1.29, 1.82) is 0 Å². The Morgan fingerprint density at radius 1 is 1.43 bits per heavy atom. The van der Waals surface area contributed by atoms with Gasteiger partial charge in [-0.25, -0.2) is 4.98 Å². The number of thiazole rings is 1. The molecule has 1 aliphatic heterocycles. The summed E-state index contributed by atoms with van der Waals surface area (Å²) < 4.78 is 1.22. The molecule has 0 radical (unpaired) electrons. The molecule has 2 heterocycles. The summed E-state index contributed by atoms with van der Waals surface area (Å²) in [5.74, 6) is 0.359. The molecule has 21 heavy (non-hydrogen) atoms. The highest BCUT2D eigenvalue weighted by Gasteiger charge is 2.36. The van der Waals surface area contributed by atoms with Crippen LogP contribution in [0.2, 0.25) is 0 Å². The molecule has 1 aromatic heterocycles. The summed E-state index contributed by atoms with van der Waals surface area (Å²) in [6.07, 6.45) is 4.38. The third-order valence-corrected chi connectivity index (χ3v) is 5.89. The summed E-state index contributed by atoms with van der Waals surface area (Å²) in [6.45, 7) is 1.60. The van der Waals surface area contributed by atoms with Gasteiger partial charge in [0, 0.05) is 24.0 Å². The van der Waals surface area contributed by atoms with Crippen molar-refractivity contribution in [3.8, 4) is 0 Å². The molecule has 4 rings (SSSR count). The fourth-order valence-corrected chi connectivity index (χ4v) is 4.20. The number of thioether (sulfide) groups is 1. The van der Waals surface area contributed by atoms with Crippen molar-refractivity contribution in [2.24, 2.45) is 5.92 Å². The minimum absolute atomic E-state index is 0.137. The third kappa shape index (κ3) is 2.51. The van der Waals surface area contributed by atoms with Crippen molar-refractivity contribution in [2.75, 3.05) is 24.2 Å². The van der Waals surface area contributed by atoms with Gasteiger partial charge in [0.15, 0.2) is 5.13 Å². The molecular weight excluding hydrogens is 302 g/mol. The monoisotopic (exact) mass is 319 g/mol. The number of benzene rings is 1. The van der Waals surface area contributed by atoms with Crippen LogP contribution in [-0.4, -0.2) is 36.3 Å². The number of para-hydroxylation sites is 1. The Balaban J connectivity index is 1.47. The number of rotatable bonds is 4. The molecule has 110 valence electrons. The van der Waals surface area contributed by atoms with Gasteiger partial charge < -0.3 is 10.2 Å². The molecule has 1 aliphatic carbocycles. The molecule has 6 heteroatoms.